The minimum absolute atomic E-state index is 0.770. The van der Waals surface area contributed by atoms with Gasteiger partial charge in [0.15, 0.2) is 0 Å². The normalized spacial score (nSPS) is 26.5. The standard InChI is InChI=1S/C9H18BrNS/c1-8(2)6-11-3-4-12-7-9(11)5-10/h8-9H,3-7H2,1-2H3. The molecule has 1 heterocycles. The van der Waals surface area contributed by atoms with Gasteiger partial charge >= 0.3 is 0 Å². The lowest BCUT2D eigenvalue weighted by molar-refractivity contribution is 0.211. The Balaban J connectivity index is 2.36. The Morgan fingerprint density at radius 3 is 2.92 bits per heavy atom. The van der Waals surface area contributed by atoms with Gasteiger partial charge in [0.05, 0.1) is 0 Å². The highest BCUT2D eigenvalue weighted by atomic mass is 79.9. The molecule has 0 saturated carbocycles. The predicted octanol–water partition coefficient (Wildman–Crippen LogP) is 2.45. The first kappa shape index (κ1) is 10.9. The van der Waals surface area contributed by atoms with Gasteiger partial charge in [-0.3, -0.25) is 4.90 Å². The van der Waals surface area contributed by atoms with E-state index >= 15 is 0 Å². The third kappa shape index (κ3) is 3.27. The zero-order valence-corrected chi connectivity index (χ0v) is 10.3. The second kappa shape index (κ2) is 5.51. The van der Waals surface area contributed by atoms with Crippen LogP contribution in [0.1, 0.15) is 13.8 Å². The fourth-order valence-corrected chi connectivity index (χ4v) is 3.61. The van der Waals surface area contributed by atoms with Gasteiger partial charge in [0.25, 0.3) is 0 Å². The van der Waals surface area contributed by atoms with E-state index in [1.807, 2.05) is 0 Å². The van der Waals surface area contributed by atoms with Crippen molar-refractivity contribution in [2.75, 3.05) is 29.9 Å². The van der Waals surface area contributed by atoms with Gasteiger partial charge in [0, 0.05) is 36.0 Å². The molecule has 12 heavy (non-hydrogen) atoms. The van der Waals surface area contributed by atoms with Crippen LogP contribution in [0.15, 0.2) is 0 Å². The molecule has 0 spiro atoms. The Bertz CT molecular complexity index is 130. The number of thioether (sulfide) groups is 1. The van der Waals surface area contributed by atoms with Crippen LogP contribution < -0.4 is 0 Å². The zero-order valence-electron chi connectivity index (χ0n) is 7.92. The van der Waals surface area contributed by atoms with E-state index in [1.54, 1.807) is 0 Å². The molecule has 1 unspecified atom stereocenters. The van der Waals surface area contributed by atoms with Crippen molar-refractivity contribution >= 4 is 27.7 Å². The van der Waals surface area contributed by atoms with Gasteiger partial charge in [0.1, 0.15) is 0 Å². The molecule has 1 fully saturated rings. The lowest BCUT2D eigenvalue weighted by Gasteiger charge is -2.35. The van der Waals surface area contributed by atoms with Crippen LogP contribution in [0.4, 0.5) is 0 Å². The van der Waals surface area contributed by atoms with E-state index < -0.39 is 0 Å². The summed E-state index contributed by atoms with van der Waals surface area (Å²) in [4.78, 5) is 2.62. The molecule has 1 saturated heterocycles. The second-order valence-electron chi connectivity index (χ2n) is 3.77. The number of hydrogen-bond donors (Lipinski definition) is 0. The summed E-state index contributed by atoms with van der Waals surface area (Å²) in [5.41, 5.74) is 0. The van der Waals surface area contributed by atoms with E-state index in [-0.39, 0.29) is 0 Å². The summed E-state index contributed by atoms with van der Waals surface area (Å²) < 4.78 is 0. The number of rotatable bonds is 3. The largest absolute Gasteiger partial charge is 0.298 e. The third-order valence-electron chi connectivity index (χ3n) is 2.13. The average Bonchev–Trinajstić information content (AvgIpc) is 2.04. The highest BCUT2D eigenvalue weighted by molar-refractivity contribution is 9.09. The van der Waals surface area contributed by atoms with Gasteiger partial charge < -0.3 is 0 Å². The molecule has 0 amide bonds. The maximum Gasteiger partial charge on any atom is 0.0283 e. The summed E-state index contributed by atoms with van der Waals surface area (Å²) in [7, 11) is 0. The predicted molar refractivity (Wildman–Crippen MR) is 61.3 cm³/mol. The molecule has 0 aromatic rings. The highest BCUT2D eigenvalue weighted by Crippen LogP contribution is 2.18. The first-order valence-corrected chi connectivity index (χ1v) is 6.89. The molecule has 0 aromatic carbocycles. The molecule has 0 aromatic heterocycles. The van der Waals surface area contributed by atoms with Crippen molar-refractivity contribution in [3.8, 4) is 0 Å². The van der Waals surface area contributed by atoms with Crippen LogP contribution >= 0.6 is 27.7 Å². The lowest BCUT2D eigenvalue weighted by atomic mass is 10.2. The van der Waals surface area contributed by atoms with Crippen LogP contribution in [0.5, 0.6) is 0 Å². The number of hydrogen-bond acceptors (Lipinski definition) is 2. The number of halogens is 1. The van der Waals surface area contributed by atoms with Crippen molar-refractivity contribution in [2.45, 2.75) is 19.9 Å². The van der Waals surface area contributed by atoms with E-state index in [2.05, 4.69) is 46.4 Å². The van der Waals surface area contributed by atoms with Gasteiger partial charge in [0.2, 0.25) is 0 Å². The number of nitrogens with zero attached hydrogens (tertiary/aromatic N) is 1. The molecule has 1 atom stereocenters. The van der Waals surface area contributed by atoms with Gasteiger partial charge in [-0.1, -0.05) is 29.8 Å². The fraction of sp³-hybridized carbons (Fsp3) is 1.00. The van der Waals surface area contributed by atoms with Crippen LogP contribution in [0.2, 0.25) is 0 Å². The summed E-state index contributed by atoms with van der Waals surface area (Å²) in [6.07, 6.45) is 0. The Morgan fingerprint density at radius 2 is 2.33 bits per heavy atom. The van der Waals surface area contributed by atoms with Crippen molar-refractivity contribution in [3.05, 3.63) is 0 Å². The maximum absolute atomic E-state index is 3.59. The van der Waals surface area contributed by atoms with Crippen molar-refractivity contribution in [1.29, 1.82) is 0 Å². The molecule has 0 radical (unpaired) electrons. The van der Waals surface area contributed by atoms with Crippen LogP contribution in [-0.4, -0.2) is 40.9 Å². The Morgan fingerprint density at radius 1 is 1.58 bits per heavy atom. The van der Waals surface area contributed by atoms with Gasteiger partial charge in [-0.15, -0.1) is 0 Å². The molecule has 1 aliphatic heterocycles. The minimum atomic E-state index is 0.770. The molecular weight excluding hydrogens is 234 g/mol. The molecule has 1 rings (SSSR count). The smallest absolute Gasteiger partial charge is 0.0283 e. The lowest BCUT2D eigenvalue weighted by Crippen LogP contribution is -2.45. The summed E-state index contributed by atoms with van der Waals surface area (Å²) in [5, 5.41) is 1.13. The average molecular weight is 252 g/mol. The molecular formula is C9H18BrNS. The van der Waals surface area contributed by atoms with Gasteiger partial charge in [-0.2, -0.15) is 11.8 Å². The maximum atomic E-state index is 3.59. The Labute approximate surface area is 88.4 Å². The third-order valence-corrected chi connectivity index (χ3v) is 3.97. The van der Waals surface area contributed by atoms with E-state index in [0.29, 0.717) is 0 Å². The van der Waals surface area contributed by atoms with Crippen molar-refractivity contribution in [1.82, 2.24) is 4.90 Å². The molecule has 0 N–H and O–H groups in total. The van der Waals surface area contributed by atoms with Crippen LogP contribution in [0.25, 0.3) is 0 Å². The molecule has 0 bridgehead atoms. The molecule has 0 aliphatic carbocycles. The highest BCUT2D eigenvalue weighted by Gasteiger charge is 2.21. The topological polar surface area (TPSA) is 3.24 Å². The first-order chi connectivity index (χ1) is 5.74. The summed E-state index contributed by atoms with van der Waals surface area (Å²) in [6.45, 7) is 7.13. The minimum Gasteiger partial charge on any atom is -0.298 e. The van der Waals surface area contributed by atoms with Crippen molar-refractivity contribution < 1.29 is 0 Å². The molecule has 1 nitrogen and oxygen atoms in total. The number of alkyl halides is 1. The SMILES string of the molecule is CC(C)CN1CCSCC1CBr. The van der Waals surface area contributed by atoms with Crippen LogP contribution in [0, 0.1) is 5.92 Å². The summed E-state index contributed by atoms with van der Waals surface area (Å²) >= 11 is 5.67. The quantitative estimate of drug-likeness (QED) is 0.710. The molecule has 3 heteroatoms. The van der Waals surface area contributed by atoms with E-state index in [1.165, 1.54) is 24.6 Å². The van der Waals surface area contributed by atoms with Crippen LogP contribution in [0.3, 0.4) is 0 Å². The van der Waals surface area contributed by atoms with E-state index in [0.717, 1.165) is 17.3 Å². The van der Waals surface area contributed by atoms with Crippen molar-refractivity contribution in [3.63, 3.8) is 0 Å². The Hall–Kier alpha value is 0.790. The monoisotopic (exact) mass is 251 g/mol. The molecule has 72 valence electrons. The van der Waals surface area contributed by atoms with Gasteiger partial charge in [-0.05, 0) is 5.92 Å². The second-order valence-corrected chi connectivity index (χ2v) is 5.57. The van der Waals surface area contributed by atoms with Crippen molar-refractivity contribution in [2.24, 2.45) is 5.92 Å². The van der Waals surface area contributed by atoms with Crippen LogP contribution in [-0.2, 0) is 0 Å². The fourth-order valence-electron chi connectivity index (χ4n) is 1.54. The van der Waals surface area contributed by atoms with E-state index in [4.69, 9.17) is 0 Å². The Kier molecular flexibility index (Phi) is 4.99. The molecule has 1 aliphatic rings. The zero-order chi connectivity index (χ0) is 8.97. The summed E-state index contributed by atoms with van der Waals surface area (Å²) in [6, 6.07) is 0.770. The summed E-state index contributed by atoms with van der Waals surface area (Å²) in [5.74, 6) is 3.42. The van der Waals surface area contributed by atoms with Gasteiger partial charge in [-0.25, -0.2) is 0 Å². The first-order valence-electron chi connectivity index (χ1n) is 4.61. The van der Waals surface area contributed by atoms with E-state index in [9.17, 15) is 0 Å².